The maximum atomic E-state index is 10.5. The number of carbonyl (C=O) groups is 1. The topological polar surface area (TPSA) is 90.4 Å². The van der Waals surface area contributed by atoms with Gasteiger partial charge in [0.1, 0.15) is 6.04 Å². The number of nitrogens with one attached hydrogen (secondary N) is 1. The zero-order valence-corrected chi connectivity index (χ0v) is 5.26. The Morgan fingerprint density at radius 3 is 2.78 bits per heavy atom. The highest BCUT2D eigenvalue weighted by Crippen LogP contribution is 1.78. The van der Waals surface area contributed by atoms with E-state index in [9.17, 15) is 4.79 Å². The Kier molecular flexibility index (Phi) is 3.94. The molecule has 0 aromatic carbocycles. The number of methoxy groups -OCH3 is 1. The van der Waals surface area contributed by atoms with Gasteiger partial charge < -0.3 is 10.5 Å². The summed E-state index contributed by atoms with van der Waals surface area (Å²) in [6, 6.07) is -0.667. The van der Waals surface area contributed by atoms with Crippen LogP contribution in [-0.4, -0.2) is 25.7 Å². The molecule has 1 unspecified atom stereocenters. The molecule has 0 aliphatic rings. The molecular weight excluding hydrogens is 122 g/mol. The fourth-order valence-corrected chi connectivity index (χ4v) is 0.362. The van der Waals surface area contributed by atoms with Crippen LogP contribution in [0.25, 0.3) is 0 Å². The largest absolute Gasteiger partial charge is 0.468 e. The van der Waals surface area contributed by atoms with E-state index in [1.54, 1.807) is 0 Å². The molecular formula is C4H11N3O2. The van der Waals surface area contributed by atoms with Crippen LogP contribution >= 0.6 is 0 Å². The van der Waals surface area contributed by atoms with Crippen LogP contribution in [0.3, 0.4) is 0 Å². The Morgan fingerprint density at radius 1 is 1.89 bits per heavy atom. The lowest BCUT2D eigenvalue weighted by Gasteiger charge is -2.06. The minimum absolute atomic E-state index is 0.229. The Balaban J connectivity index is 3.45. The van der Waals surface area contributed by atoms with E-state index in [0.717, 1.165) is 0 Å². The van der Waals surface area contributed by atoms with Gasteiger partial charge in [-0.05, 0) is 0 Å². The van der Waals surface area contributed by atoms with Crippen molar-refractivity contribution in [2.75, 3.05) is 13.7 Å². The van der Waals surface area contributed by atoms with E-state index in [4.69, 9.17) is 11.6 Å². The highest BCUT2D eigenvalue weighted by atomic mass is 16.5. The second kappa shape index (κ2) is 4.25. The predicted molar refractivity (Wildman–Crippen MR) is 32.2 cm³/mol. The maximum absolute atomic E-state index is 10.5. The molecule has 0 radical (unpaired) electrons. The van der Waals surface area contributed by atoms with Crippen LogP contribution in [-0.2, 0) is 9.53 Å². The molecule has 9 heavy (non-hydrogen) atoms. The minimum Gasteiger partial charge on any atom is -0.468 e. The van der Waals surface area contributed by atoms with Crippen LogP contribution in [0, 0.1) is 0 Å². The van der Waals surface area contributed by atoms with Crippen molar-refractivity contribution in [2.45, 2.75) is 6.04 Å². The summed E-state index contributed by atoms with van der Waals surface area (Å²) in [5, 5.41) is 0. The van der Waals surface area contributed by atoms with Crippen molar-refractivity contribution in [3.05, 3.63) is 0 Å². The first-order chi connectivity index (χ1) is 4.22. The van der Waals surface area contributed by atoms with Crippen molar-refractivity contribution < 1.29 is 9.53 Å². The zero-order valence-electron chi connectivity index (χ0n) is 5.26. The summed E-state index contributed by atoms with van der Waals surface area (Å²) in [5.41, 5.74) is 7.48. The number of nitrogens with two attached hydrogens (primary N) is 2. The van der Waals surface area contributed by atoms with Crippen molar-refractivity contribution in [3.63, 3.8) is 0 Å². The summed E-state index contributed by atoms with van der Waals surface area (Å²) < 4.78 is 4.31. The van der Waals surface area contributed by atoms with Crippen molar-refractivity contribution in [1.29, 1.82) is 0 Å². The lowest BCUT2D eigenvalue weighted by Crippen LogP contribution is -2.43. The highest BCUT2D eigenvalue weighted by molar-refractivity contribution is 5.75. The number of hydrogen-bond donors (Lipinski definition) is 3. The summed E-state index contributed by atoms with van der Waals surface area (Å²) in [7, 11) is 1.28. The smallest absolute Gasteiger partial charge is 0.324 e. The maximum Gasteiger partial charge on any atom is 0.324 e. The average molecular weight is 133 g/mol. The summed E-state index contributed by atoms with van der Waals surface area (Å²) in [4.78, 5) is 10.5. The monoisotopic (exact) mass is 133 g/mol. The molecule has 0 spiro atoms. The molecule has 54 valence electrons. The summed E-state index contributed by atoms with van der Waals surface area (Å²) in [5.74, 6) is 4.42. The molecule has 0 aliphatic carbocycles. The fourth-order valence-electron chi connectivity index (χ4n) is 0.362. The molecule has 1 atom stereocenters. The van der Waals surface area contributed by atoms with Crippen LogP contribution in [0.1, 0.15) is 0 Å². The van der Waals surface area contributed by atoms with Gasteiger partial charge in [-0.3, -0.25) is 16.1 Å². The van der Waals surface area contributed by atoms with Gasteiger partial charge >= 0.3 is 5.97 Å². The molecule has 0 saturated carbocycles. The number of rotatable bonds is 3. The third kappa shape index (κ3) is 3.02. The third-order valence-corrected chi connectivity index (χ3v) is 0.842. The van der Waals surface area contributed by atoms with Crippen molar-refractivity contribution in [2.24, 2.45) is 11.6 Å². The zero-order chi connectivity index (χ0) is 7.28. The molecule has 0 bridgehead atoms. The molecule has 0 rings (SSSR count). The number of esters is 1. The Bertz CT molecular complexity index is 95.8. The molecule has 0 aromatic heterocycles. The van der Waals surface area contributed by atoms with E-state index < -0.39 is 12.0 Å². The molecule has 0 amide bonds. The average Bonchev–Trinajstić information content (AvgIpc) is 1.87. The fraction of sp³-hybridized carbons (Fsp3) is 0.750. The Morgan fingerprint density at radius 2 is 2.44 bits per heavy atom. The van der Waals surface area contributed by atoms with Gasteiger partial charge in [-0.25, -0.2) is 0 Å². The Labute approximate surface area is 53.3 Å². The number of carbonyl (C=O) groups excluding carboxylic acids is 1. The molecule has 5 heteroatoms. The van der Waals surface area contributed by atoms with Gasteiger partial charge in [-0.15, -0.1) is 0 Å². The van der Waals surface area contributed by atoms with Gasteiger partial charge in [0.05, 0.1) is 7.11 Å². The lowest BCUT2D eigenvalue weighted by atomic mass is 10.3. The number of hydrazine groups is 1. The first kappa shape index (κ1) is 8.35. The van der Waals surface area contributed by atoms with Crippen molar-refractivity contribution >= 4 is 5.97 Å². The number of ether oxygens (including phenoxy) is 1. The standard InChI is InChI=1S/C4H11N3O2/c1-9-4(8)3(5)2-7-6/h3,7H,2,5-6H2,1H3. The van der Waals surface area contributed by atoms with Crippen LogP contribution in [0.4, 0.5) is 0 Å². The first-order valence-electron chi connectivity index (χ1n) is 2.49. The van der Waals surface area contributed by atoms with Crippen molar-refractivity contribution in [1.82, 2.24) is 5.43 Å². The number of hydrogen-bond acceptors (Lipinski definition) is 5. The van der Waals surface area contributed by atoms with Crippen LogP contribution in [0.2, 0.25) is 0 Å². The first-order valence-corrected chi connectivity index (χ1v) is 2.49. The van der Waals surface area contributed by atoms with Crippen LogP contribution in [0.15, 0.2) is 0 Å². The molecule has 0 saturated heterocycles. The normalized spacial score (nSPS) is 12.8. The lowest BCUT2D eigenvalue weighted by molar-refractivity contribution is -0.142. The predicted octanol–water partition coefficient (Wildman–Crippen LogP) is -2.05. The molecule has 0 aromatic rings. The third-order valence-electron chi connectivity index (χ3n) is 0.842. The molecule has 5 nitrogen and oxygen atoms in total. The SMILES string of the molecule is COC(=O)C(N)CNN. The van der Waals surface area contributed by atoms with Gasteiger partial charge in [-0.1, -0.05) is 0 Å². The second-order valence-corrected chi connectivity index (χ2v) is 1.54. The van der Waals surface area contributed by atoms with E-state index >= 15 is 0 Å². The van der Waals surface area contributed by atoms with Crippen LogP contribution in [0.5, 0.6) is 0 Å². The van der Waals surface area contributed by atoms with E-state index in [1.807, 2.05) is 0 Å². The summed E-state index contributed by atoms with van der Waals surface area (Å²) in [6.07, 6.45) is 0. The summed E-state index contributed by atoms with van der Waals surface area (Å²) in [6.45, 7) is 0.229. The van der Waals surface area contributed by atoms with E-state index in [0.29, 0.717) is 0 Å². The second-order valence-electron chi connectivity index (χ2n) is 1.54. The molecule has 0 aliphatic heterocycles. The van der Waals surface area contributed by atoms with E-state index in [-0.39, 0.29) is 6.54 Å². The van der Waals surface area contributed by atoms with Gasteiger partial charge in [0.2, 0.25) is 0 Å². The van der Waals surface area contributed by atoms with Crippen molar-refractivity contribution in [3.8, 4) is 0 Å². The van der Waals surface area contributed by atoms with Crippen LogP contribution < -0.4 is 17.0 Å². The minimum atomic E-state index is -0.667. The van der Waals surface area contributed by atoms with Gasteiger partial charge in [0, 0.05) is 6.54 Å². The summed E-state index contributed by atoms with van der Waals surface area (Å²) >= 11 is 0. The van der Waals surface area contributed by atoms with Gasteiger partial charge in [0.15, 0.2) is 0 Å². The van der Waals surface area contributed by atoms with E-state index in [2.05, 4.69) is 10.2 Å². The van der Waals surface area contributed by atoms with Gasteiger partial charge in [-0.2, -0.15) is 0 Å². The molecule has 0 heterocycles. The molecule has 0 fully saturated rings. The van der Waals surface area contributed by atoms with E-state index in [1.165, 1.54) is 7.11 Å². The Hall–Kier alpha value is -0.650. The van der Waals surface area contributed by atoms with Gasteiger partial charge in [0.25, 0.3) is 0 Å². The molecule has 5 N–H and O–H groups in total. The highest BCUT2D eigenvalue weighted by Gasteiger charge is 2.10. The quantitative estimate of drug-likeness (QED) is 0.234.